The average Bonchev–Trinajstić information content (AvgIpc) is 3.39. The SMILES string of the molecule is COC(=O)c1cc(CC2CCN(Cc3ccnn3-c3ccccc3)C2)ccc1F. The highest BCUT2D eigenvalue weighted by molar-refractivity contribution is 5.89. The fourth-order valence-electron chi connectivity index (χ4n) is 4.00. The maximum atomic E-state index is 13.9. The van der Waals surface area contributed by atoms with E-state index >= 15 is 0 Å². The van der Waals surface area contributed by atoms with Gasteiger partial charge in [0.1, 0.15) is 5.82 Å². The number of nitrogens with zero attached hydrogens (tertiary/aromatic N) is 3. The topological polar surface area (TPSA) is 47.4 Å². The third-order valence-electron chi connectivity index (χ3n) is 5.44. The molecule has 1 aliphatic rings. The van der Waals surface area contributed by atoms with Gasteiger partial charge in [0.25, 0.3) is 0 Å². The summed E-state index contributed by atoms with van der Waals surface area (Å²) >= 11 is 0. The molecule has 0 bridgehead atoms. The van der Waals surface area contributed by atoms with Crippen molar-refractivity contribution < 1.29 is 13.9 Å². The number of ether oxygens (including phenoxy) is 1. The molecule has 2 aromatic carbocycles. The minimum Gasteiger partial charge on any atom is -0.465 e. The van der Waals surface area contributed by atoms with Gasteiger partial charge in [-0.15, -0.1) is 0 Å². The molecule has 0 radical (unpaired) electrons. The van der Waals surface area contributed by atoms with Gasteiger partial charge in [0.15, 0.2) is 0 Å². The van der Waals surface area contributed by atoms with E-state index in [4.69, 9.17) is 0 Å². The van der Waals surface area contributed by atoms with Crippen LogP contribution in [0.1, 0.15) is 28.0 Å². The number of hydrogen-bond donors (Lipinski definition) is 0. The molecule has 1 aliphatic heterocycles. The van der Waals surface area contributed by atoms with Crippen molar-refractivity contribution in [3.8, 4) is 5.69 Å². The fraction of sp³-hybridized carbons (Fsp3) is 0.304. The van der Waals surface area contributed by atoms with Crippen molar-refractivity contribution in [2.24, 2.45) is 5.92 Å². The van der Waals surface area contributed by atoms with E-state index in [2.05, 4.69) is 32.9 Å². The number of rotatable bonds is 6. The Kier molecular flexibility index (Phi) is 5.71. The van der Waals surface area contributed by atoms with Crippen molar-refractivity contribution in [1.29, 1.82) is 0 Å². The molecule has 0 amide bonds. The summed E-state index contributed by atoms with van der Waals surface area (Å²) in [5, 5.41) is 4.47. The third-order valence-corrected chi connectivity index (χ3v) is 5.44. The van der Waals surface area contributed by atoms with Crippen LogP contribution in [0.5, 0.6) is 0 Å². The molecule has 4 rings (SSSR count). The van der Waals surface area contributed by atoms with Gasteiger partial charge in [-0.25, -0.2) is 13.9 Å². The predicted molar refractivity (Wildman–Crippen MR) is 108 cm³/mol. The Labute approximate surface area is 169 Å². The van der Waals surface area contributed by atoms with Crippen LogP contribution in [0.2, 0.25) is 0 Å². The molecule has 1 atom stereocenters. The van der Waals surface area contributed by atoms with E-state index in [-0.39, 0.29) is 5.56 Å². The molecule has 0 N–H and O–H groups in total. The van der Waals surface area contributed by atoms with Gasteiger partial charge in [-0.05, 0) is 61.2 Å². The standard InChI is InChI=1S/C23H24FN3O2/c1-29-23(28)21-14-17(7-8-22(21)24)13-18-10-12-26(15-18)16-20-9-11-25-27(20)19-5-3-2-4-6-19/h2-9,11,14,18H,10,12-13,15-16H2,1H3. The summed E-state index contributed by atoms with van der Waals surface area (Å²) in [5.41, 5.74) is 3.19. The molecule has 0 spiro atoms. The Hall–Kier alpha value is -2.99. The van der Waals surface area contributed by atoms with Gasteiger partial charge in [-0.1, -0.05) is 24.3 Å². The highest BCUT2D eigenvalue weighted by Gasteiger charge is 2.24. The van der Waals surface area contributed by atoms with Crippen LogP contribution in [-0.4, -0.2) is 40.8 Å². The van der Waals surface area contributed by atoms with Crippen LogP contribution in [0.4, 0.5) is 4.39 Å². The van der Waals surface area contributed by atoms with Gasteiger partial charge in [0.2, 0.25) is 0 Å². The van der Waals surface area contributed by atoms with Crippen LogP contribution in [0.15, 0.2) is 60.8 Å². The normalized spacial score (nSPS) is 16.8. The van der Waals surface area contributed by atoms with E-state index in [9.17, 15) is 9.18 Å². The van der Waals surface area contributed by atoms with E-state index in [1.54, 1.807) is 12.1 Å². The number of halogens is 1. The molecule has 1 fully saturated rings. The number of benzene rings is 2. The monoisotopic (exact) mass is 393 g/mol. The van der Waals surface area contributed by atoms with E-state index in [0.29, 0.717) is 5.92 Å². The lowest BCUT2D eigenvalue weighted by molar-refractivity contribution is 0.0595. The highest BCUT2D eigenvalue weighted by Crippen LogP contribution is 2.24. The van der Waals surface area contributed by atoms with Crippen molar-refractivity contribution in [2.45, 2.75) is 19.4 Å². The summed E-state index contributed by atoms with van der Waals surface area (Å²) in [4.78, 5) is 14.1. The van der Waals surface area contributed by atoms with Gasteiger partial charge in [-0.3, -0.25) is 4.90 Å². The van der Waals surface area contributed by atoms with Crippen LogP contribution >= 0.6 is 0 Å². The lowest BCUT2D eigenvalue weighted by Gasteiger charge is -2.17. The van der Waals surface area contributed by atoms with Crippen molar-refractivity contribution in [3.05, 3.63) is 83.4 Å². The number of carbonyl (C=O) groups is 1. The first kappa shape index (κ1) is 19.3. The number of aromatic nitrogens is 2. The van der Waals surface area contributed by atoms with Crippen molar-refractivity contribution in [1.82, 2.24) is 14.7 Å². The zero-order valence-corrected chi connectivity index (χ0v) is 16.4. The van der Waals surface area contributed by atoms with Gasteiger partial charge in [0, 0.05) is 19.3 Å². The molecular weight excluding hydrogens is 369 g/mol. The number of para-hydroxylation sites is 1. The second kappa shape index (κ2) is 8.57. The number of hydrogen-bond acceptors (Lipinski definition) is 4. The molecule has 6 heteroatoms. The maximum Gasteiger partial charge on any atom is 0.340 e. The van der Waals surface area contributed by atoms with E-state index in [0.717, 1.165) is 49.4 Å². The van der Waals surface area contributed by atoms with E-state index < -0.39 is 11.8 Å². The Morgan fingerprint density at radius 1 is 1.21 bits per heavy atom. The number of esters is 1. The van der Waals surface area contributed by atoms with Gasteiger partial charge in [0.05, 0.1) is 24.1 Å². The summed E-state index contributed by atoms with van der Waals surface area (Å²) < 4.78 is 20.5. The Morgan fingerprint density at radius 3 is 2.83 bits per heavy atom. The molecular formula is C23H24FN3O2. The summed E-state index contributed by atoms with van der Waals surface area (Å²) in [6, 6.07) is 16.9. The lowest BCUT2D eigenvalue weighted by Crippen LogP contribution is -2.22. The molecule has 0 saturated carbocycles. The minimum absolute atomic E-state index is 0.00613. The zero-order chi connectivity index (χ0) is 20.2. The van der Waals surface area contributed by atoms with Gasteiger partial charge in [-0.2, -0.15) is 5.10 Å². The molecule has 29 heavy (non-hydrogen) atoms. The summed E-state index contributed by atoms with van der Waals surface area (Å²) in [5.74, 6) is -0.701. The molecule has 0 aliphatic carbocycles. The number of methoxy groups -OCH3 is 1. The number of likely N-dealkylation sites (tertiary alicyclic amines) is 1. The Bertz CT molecular complexity index is 987. The van der Waals surface area contributed by atoms with Crippen molar-refractivity contribution in [3.63, 3.8) is 0 Å². The lowest BCUT2D eigenvalue weighted by atomic mass is 9.97. The zero-order valence-electron chi connectivity index (χ0n) is 16.4. The molecule has 5 nitrogen and oxygen atoms in total. The first-order chi connectivity index (χ1) is 14.1. The predicted octanol–water partition coefficient (Wildman–Crippen LogP) is 3.86. The first-order valence-corrected chi connectivity index (χ1v) is 9.81. The molecule has 150 valence electrons. The van der Waals surface area contributed by atoms with Crippen LogP contribution in [0.3, 0.4) is 0 Å². The smallest absolute Gasteiger partial charge is 0.340 e. The number of carbonyl (C=O) groups excluding carboxylic acids is 1. The van der Waals surface area contributed by atoms with Gasteiger partial charge < -0.3 is 4.74 Å². The average molecular weight is 393 g/mol. The quantitative estimate of drug-likeness (QED) is 0.597. The first-order valence-electron chi connectivity index (χ1n) is 9.81. The maximum absolute atomic E-state index is 13.9. The second-order valence-corrected chi connectivity index (χ2v) is 7.47. The Balaban J connectivity index is 1.40. The van der Waals surface area contributed by atoms with Crippen molar-refractivity contribution >= 4 is 5.97 Å². The third kappa shape index (κ3) is 4.38. The van der Waals surface area contributed by atoms with E-state index in [1.165, 1.54) is 13.2 Å². The van der Waals surface area contributed by atoms with Crippen LogP contribution in [-0.2, 0) is 17.7 Å². The summed E-state index contributed by atoms with van der Waals surface area (Å²) in [6.07, 6.45) is 3.73. The highest BCUT2D eigenvalue weighted by atomic mass is 19.1. The molecule has 1 saturated heterocycles. The second-order valence-electron chi connectivity index (χ2n) is 7.47. The van der Waals surface area contributed by atoms with Crippen LogP contribution < -0.4 is 0 Å². The van der Waals surface area contributed by atoms with Crippen LogP contribution in [0.25, 0.3) is 5.69 Å². The van der Waals surface area contributed by atoms with E-state index in [1.807, 2.05) is 29.1 Å². The molecule has 2 heterocycles. The van der Waals surface area contributed by atoms with Crippen molar-refractivity contribution in [2.75, 3.05) is 20.2 Å². The summed E-state index contributed by atoms with van der Waals surface area (Å²) in [7, 11) is 1.27. The van der Waals surface area contributed by atoms with Crippen LogP contribution in [0, 0.1) is 11.7 Å². The molecule has 1 unspecified atom stereocenters. The Morgan fingerprint density at radius 2 is 2.03 bits per heavy atom. The molecule has 1 aromatic heterocycles. The molecule has 3 aromatic rings. The fourth-order valence-corrected chi connectivity index (χ4v) is 4.00. The largest absolute Gasteiger partial charge is 0.465 e. The van der Waals surface area contributed by atoms with Gasteiger partial charge >= 0.3 is 5.97 Å². The minimum atomic E-state index is -0.633. The summed E-state index contributed by atoms with van der Waals surface area (Å²) in [6.45, 7) is 2.81.